The standard InChI is InChI=1S/C13H16BrFN2O2.H2S/c1-7-11(14)9(15)5-10(12(7)16)17-4-3-8(6-17)13(18)19-2;/h5,8H,3-4,6,16H2,1-2H3;1H2/t8-;/m0./s1. The number of methoxy groups -OCH3 is 1. The van der Waals surface area contributed by atoms with Crippen molar-refractivity contribution in [1.82, 2.24) is 0 Å². The zero-order valence-electron chi connectivity index (χ0n) is 11.4. The third-order valence-electron chi connectivity index (χ3n) is 3.55. The molecule has 1 fully saturated rings. The number of esters is 1. The van der Waals surface area contributed by atoms with Crippen LogP contribution < -0.4 is 10.6 Å². The summed E-state index contributed by atoms with van der Waals surface area (Å²) in [4.78, 5) is 13.4. The van der Waals surface area contributed by atoms with Gasteiger partial charge >= 0.3 is 5.97 Å². The largest absolute Gasteiger partial charge is 0.469 e. The minimum Gasteiger partial charge on any atom is -0.469 e. The van der Waals surface area contributed by atoms with Crippen LogP contribution in [0.4, 0.5) is 15.8 Å². The van der Waals surface area contributed by atoms with E-state index in [-0.39, 0.29) is 31.2 Å². The number of ether oxygens (including phenoxy) is 1. The van der Waals surface area contributed by atoms with Crippen molar-refractivity contribution in [2.24, 2.45) is 5.92 Å². The van der Waals surface area contributed by atoms with Gasteiger partial charge in [0.05, 0.1) is 28.9 Å². The van der Waals surface area contributed by atoms with Gasteiger partial charge in [-0.05, 0) is 34.8 Å². The lowest BCUT2D eigenvalue weighted by molar-refractivity contribution is -0.144. The van der Waals surface area contributed by atoms with Crippen LogP contribution in [0.5, 0.6) is 0 Å². The van der Waals surface area contributed by atoms with Crippen molar-refractivity contribution in [3.05, 3.63) is 21.9 Å². The molecule has 20 heavy (non-hydrogen) atoms. The van der Waals surface area contributed by atoms with Crippen molar-refractivity contribution in [2.45, 2.75) is 13.3 Å². The molecule has 7 heteroatoms. The molecule has 0 amide bonds. The summed E-state index contributed by atoms with van der Waals surface area (Å²) in [7, 11) is 1.38. The van der Waals surface area contributed by atoms with E-state index in [1.807, 2.05) is 4.90 Å². The number of hydrogen-bond acceptors (Lipinski definition) is 4. The average molecular weight is 365 g/mol. The molecule has 1 aliphatic heterocycles. The van der Waals surface area contributed by atoms with Gasteiger partial charge in [0.25, 0.3) is 0 Å². The van der Waals surface area contributed by atoms with Crippen molar-refractivity contribution < 1.29 is 13.9 Å². The molecule has 1 saturated heterocycles. The number of nitrogens with zero attached hydrogens (tertiary/aromatic N) is 1. The summed E-state index contributed by atoms with van der Waals surface area (Å²) >= 11 is 3.17. The molecule has 1 aromatic carbocycles. The smallest absolute Gasteiger partial charge is 0.310 e. The normalized spacial score (nSPS) is 17.8. The van der Waals surface area contributed by atoms with Crippen molar-refractivity contribution in [3.8, 4) is 0 Å². The second-order valence-corrected chi connectivity index (χ2v) is 5.48. The third-order valence-corrected chi connectivity index (χ3v) is 4.52. The van der Waals surface area contributed by atoms with E-state index in [9.17, 15) is 9.18 Å². The van der Waals surface area contributed by atoms with Gasteiger partial charge in [0.15, 0.2) is 0 Å². The quantitative estimate of drug-likeness (QED) is 0.647. The number of anilines is 2. The summed E-state index contributed by atoms with van der Waals surface area (Å²) in [6.07, 6.45) is 0.697. The molecule has 0 bridgehead atoms. The Kier molecular flexibility index (Phi) is 5.70. The van der Waals surface area contributed by atoms with Crippen LogP contribution in [0.2, 0.25) is 0 Å². The molecule has 0 aliphatic carbocycles. The Balaban J connectivity index is 0.00000200. The molecule has 0 radical (unpaired) electrons. The molecule has 0 aromatic heterocycles. The zero-order chi connectivity index (χ0) is 14.2. The Labute approximate surface area is 133 Å². The van der Waals surface area contributed by atoms with Gasteiger partial charge in [0.1, 0.15) is 5.82 Å². The minimum atomic E-state index is -0.344. The van der Waals surface area contributed by atoms with E-state index in [0.29, 0.717) is 40.9 Å². The van der Waals surface area contributed by atoms with Crippen molar-refractivity contribution in [3.63, 3.8) is 0 Å². The molecule has 2 rings (SSSR count). The first kappa shape index (κ1) is 17.1. The fourth-order valence-electron chi connectivity index (χ4n) is 2.35. The molecule has 2 N–H and O–H groups in total. The second-order valence-electron chi connectivity index (χ2n) is 4.68. The Morgan fingerprint density at radius 2 is 2.25 bits per heavy atom. The highest BCUT2D eigenvalue weighted by atomic mass is 79.9. The van der Waals surface area contributed by atoms with Gasteiger partial charge in [-0.15, -0.1) is 0 Å². The monoisotopic (exact) mass is 364 g/mol. The number of carbonyl (C=O) groups is 1. The maximum atomic E-state index is 13.8. The predicted molar refractivity (Wildman–Crippen MR) is 86.0 cm³/mol. The summed E-state index contributed by atoms with van der Waals surface area (Å²) < 4.78 is 18.9. The van der Waals surface area contributed by atoms with Crippen LogP contribution in [0.1, 0.15) is 12.0 Å². The molecule has 4 nitrogen and oxygen atoms in total. The second kappa shape index (κ2) is 6.67. The summed E-state index contributed by atoms with van der Waals surface area (Å²) in [6.45, 7) is 2.95. The molecule has 112 valence electrons. The lowest BCUT2D eigenvalue weighted by atomic mass is 10.1. The van der Waals surface area contributed by atoms with E-state index in [1.165, 1.54) is 13.2 Å². The van der Waals surface area contributed by atoms with E-state index < -0.39 is 0 Å². The van der Waals surface area contributed by atoms with E-state index in [4.69, 9.17) is 10.5 Å². The van der Waals surface area contributed by atoms with Crippen LogP contribution in [0, 0.1) is 18.7 Å². The van der Waals surface area contributed by atoms with Gasteiger partial charge in [-0.25, -0.2) is 4.39 Å². The average Bonchev–Trinajstić information content (AvgIpc) is 2.89. The first-order valence-electron chi connectivity index (χ1n) is 6.02. The zero-order valence-corrected chi connectivity index (χ0v) is 14.0. The number of nitrogen functional groups attached to an aromatic ring is 1. The van der Waals surface area contributed by atoms with Crippen LogP contribution in [-0.4, -0.2) is 26.2 Å². The Morgan fingerprint density at radius 1 is 1.60 bits per heavy atom. The third kappa shape index (κ3) is 3.03. The van der Waals surface area contributed by atoms with Crippen LogP contribution in [0.15, 0.2) is 10.5 Å². The van der Waals surface area contributed by atoms with E-state index >= 15 is 0 Å². The van der Waals surface area contributed by atoms with Gasteiger partial charge < -0.3 is 15.4 Å². The first-order valence-corrected chi connectivity index (χ1v) is 6.81. The van der Waals surface area contributed by atoms with Crippen molar-refractivity contribution in [1.29, 1.82) is 0 Å². The van der Waals surface area contributed by atoms with E-state index in [2.05, 4.69) is 15.9 Å². The molecule has 1 aromatic rings. The van der Waals surface area contributed by atoms with E-state index in [0.717, 1.165) is 0 Å². The van der Waals surface area contributed by atoms with Gasteiger partial charge in [0.2, 0.25) is 0 Å². The predicted octanol–water partition coefficient (Wildman–Crippen LogP) is 2.59. The van der Waals surface area contributed by atoms with Crippen molar-refractivity contribution >= 4 is 46.8 Å². The summed E-state index contributed by atoms with van der Waals surface area (Å²) in [6, 6.07) is 1.41. The number of nitrogens with two attached hydrogens (primary N) is 1. The highest BCUT2D eigenvalue weighted by Gasteiger charge is 2.30. The lowest BCUT2D eigenvalue weighted by Crippen LogP contribution is -2.24. The molecule has 0 saturated carbocycles. The molecule has 1 atom stereocenters. The number of benzene rings is 1. The molecular formula is C13H18BrFN2O2S. The van der Waals surface area contributed by atoms with Gasteiger partial charge in [-0.2, -0.15) is 13.5 Å². The van der Waals surface area contributed by atoms with Crippen LogP contribution in [0.25, 0.3) is 0 Å². The SMILES string of the molecule is COC(=O)[C@H]1CCN(c2cc(F)c(Br)c(C)c2N)C1.S. The van der Waals surface area contributed by atoms with Gasteiger partial charge in [0, 0.05) is 19.2 Å². The Bertz CT molecular complexity index is 528. The van der Waals surface area contributed by atoms with Crippen LogP contribution in [0.3, 0.4) is 0 Å². The lowest BCUT2D eigenvalue weighted by Gasteiger charge is -2.22. The fourth-order valence-corrected chi connectivity index (χ4v) is 2.68. The molecule has 1 aliphatic rings. The Morgan fingerprint density at radius 3 is 2.85 bits per heavy atom. The minimum absolute atomic E-state index is 0. The molecular weight excluding hydrogens is 347 g/mol. The van der Waals surface area contributed by atoms with Gasteiger partial charge in [-0.1, -0.05) is 0 Å². The topological polar surface area (TPSA) is 55.6 Å². The highest BCUT2D eigenvalue weighted by Crippen LogP contribution is 2.36. The molecule has 0 unspecified atom stereocenters. The maximum Gasteiger partial charge on any atom is 0.310 e. The first-order chi connectivity index (χ1) is 8.95. The number of hydrogen-bond donors (Lipinski definition) is 1. The maximum absolute atomic E-state index is 13.8. The van der Waals surface area contributed by atoms with E-state index in [1.54, 1.807) is 6.92 Å². The van der Waals surface area contributed by atoms with Crippen LogP contribution >= 0.6 is 29.4 Å². The number of halogens is 2. The Hall–Kier alpha value is -0.950. The number of carbonyl (C=O) groups excluding carboxylic acids is 1. The highest BCUT2D eigenvalue weighted by molar-refractivity contribution is 9.10. The van der Waals surface area contributed by atoms with Crippen molar-refractivity contribution in [2.75, 3.05) is 30.8 Å². The molecule has 0 spiro atoms. The summed E-state index contributed by atoms with van der Waals surface area (Å²) in [5.74, 6) is -0.741. The van der Waals surface area contributed by atoms with Gasteiger partial charge in [-0.3, -0.25) is 4.79 Å². The summed E-state index contributed by atoms with van der Waals surface area (Å²) in [5, 5.41) is 0. The fraction of sp³-hybridized carbons (Fsp3) is 0.462. The van der Waals surface area contributed by atoms with Crippen LogP contribution in [-0.2, 0) is 9.53 Å². The molecule has 1 heterocycles. The summed E-state index contributed by atoms with van der Waals surface area (Å²) in [5.41, 5.74) is 7.89. The number of rotatable bonds is 2.